The average molecular weight is 282 g/mol. The van der Waals surface area contributed by atoms with Crippen LogP contribution >= 0.6 is 0 Å². The molecule has 1 aromatic carbocycles. The summed E-state index contributed by atoms with van der Waals surface area (Å²) in [6, 6.07) is 7.75. The second kappa shape index (κ2) is 4.98. The van der Waals surface area contributed by atoms with Gasteiger partial charge in [-0.25, -0.2) is 4.68 Å². The number of hydrogen-bond donors (Lipinski definition) is 0. The number of para-hydroxylation sites is 1. The Morgan fingerprint density at radius 1 is 1.05 bits per heavy atom. The molecule has 0 radical (unpaired) electrons. The van der Waals surface area contributed by atoms with Crippen molar-refractivity contribution in [3.8, 4) is 0 Å². The molecule has 1 saturated heterocycles. The highest BCUT2D eigenvalue weighted by molar-refractivity contribution is 5.80. The zero-order valence-corrected chi connectivity index (χ0v) is 12.0. The van der Waals surface area contributed by atoms with Gasteiger partial charge in [0.05, 0.1) is 5.52 Å². The predicted octanol–water partition coefficient (Wildman–Crippen LogP) is 2.14. The van der Waals surface area contributed by atoms with Gasteiger partial charge in [0.15, 0.2) is 0 Å². The minimum Gasteiger partial charge on any atom is -0.340 e. The van der Waals surface area contributed by atoms with Crippen molar-refractivity contribution in [1.82, 2.24) is 19.9 Å². The first-order valence-corrected chi connectivity index (χ1v) is 7.57. The van der Waals surface area contributed by atoms with E-state index in [1.54, 1.807) is 15.8 Å². The topological polar surface area (TPSA) is 51.0 Å². The lowest BCUT2D eigenvalue weighted by molar-refractivity contribution is -0.132. The lowest BCUT2D eigenvalue weighted by Crippen LogP contribution is -2.38. The van der Waals surface area contributed by atoms with Gasteiger partial charge in [-0.3, -0.25) is 4.79 Å². The molecule has 4 rings (SSSR count). The highest BCUT2D eigenvalue weighted by atomic mass is 16.2. The molecule has 0 unspecified atom stereocenters. The molecule has 1 aliphatic heterocycles. The Morgan fingerprint density at radius 3 is 2.52 bits per heavy atom. The molecule has 2 heterocycles. The van der Waals surface area contributed by atoms with Gasteiger partial charge >= 0.3 is 0 Å². The molecule has 2 aliphatic rings. The SMILES string of the molecule is O=C(Cn1nnc2ccccc21)N1CCC(=C2CC2)CC1. The van der Waals surface area contributed by atoms with Gasteiger partial charge in [-0.15, -0.1) is 5.10 Å². The summed E-state index contributed by atoms with van der Waals surface area (Å²) in [5.41, 5.74) is 5.00. The Morgan fingerprint density at radius 2 is 1.76 bits per heavy atom. The highest BCUT2D eigenvalue weighted by Crippen LogP contribution is 2.36. The van der Waals surface area contributed by atoms with Crippen LogP contribution in [0.25, 0.3) is 11.0 Å². The smallest absolute Gasteiger partial charge is 0.244 e. The van der Waals surface area contributed by atoms with Gasteiger partial charge in [-0.1, -0.05) is 28.5 Å². The molecule has 5 heteroatoms. The molecule has 108 valence electrons. The van der Waals surface area contributed by atoms with Gasteiger partial charge in [0.1, 0.15) is 12.1 Å². The third-order valence-electron chi connectivity index (χ3n) is 4.42. The van der Waals surface area contributed by atoms with Crippen LogP contribution in [0.2, 0.25) is 0 Å². The van der Waals surface area contributed by atoms with Crippen molar-refractivity contribution in [2.75, 3.05) is 13.1 Å². The third kappa shape index (κ3) is 2.44. The summed E-state index contributed by atoms with van der Waals surface area (Å²) in [6.07, 6.45) is 4.68. The van der Waals surface area contributed by atoms with Crippen molar-refractivity contribution in [1.29, 1.82) is 0 Å². The van der Waals surface area contributed by atoms with Crippen LogP contribution in [-0.2, 0) is 11.3 Å². The molecule has 1 aliphatic carbocycles. The van der Waals surface area contributed by atoms with E-state index in [2.05, 4.69) is 10.3 Å². The number of allylic oxidation sites excluding steroid dienone is 1. The monoisotopic (exact) mass is 282 g/mol. The van der Waals surface area contributed by atoms with Crippen LogP contribution in [0.3, 0.4) is 0 Å². The van der Waals surface area contributed by atoms with E-state index >= 15 is 0 Å². The first kappa shape index (κ1) is 12.6. The molecule has 2 aromatic rings. The number of fused-ring (bicyclic) bond motifs is 1. The Hall–Kier alpha value is -2.17. The maximum absolute atomic E-state index is 12.4. The van der Waals surface area contributed by atoms with Gasteiger partial charge in [-0.2, -0.15) is 0 Å². The van der Waals surface area contributed by atoms with Crippen LogP contribution in [0, 0.1) is 0 Å². The number of carbonyl (C=O) groups excluding carboxylic acids is 1. The Kier molecular flexibility index (Phi) is 2.98. The van der Waals surface area contributed by atoms with Crippen LogP contribution in [0.4, 0.5) is 0 Å². The van der Waals surface area contributed by atoms with Crippen LogP contribution < -0.4 is 0 Å². The fourth-order valence-corrected chi connectivity index (χ4v) is 3.06. The van der Waals surface area contributed by atoms with E-state index in [4.69, 9.17) is 0 Å². The van der Waals surface area contributed by atoms with Crippen molar-refractivity contribution in [3.63, 3.8) is 0 Å². The predicted molar refractivity (Wildman–Crippen MR) is 79.6 cm³/mol. The Labute approximate surface area is 123 Å². The van der Waals surface area contributed by atoms with Crippen LogP contribution in [0.5, 0.6) is 0 Å². The summed E-state index contributed by atoms with van der Waals surface area (Å²) in [5, 5.41) is 8.19. The number of nitrogens with zero attached hydrogens (tertiary/aromatic N) is 4. The zero-order valence-electron chi connectivity index (χ0n) is 12.0. The first-order valence-electron chi connectivity index (χ1n) is 7.57. The molecule has 21 heavy (non-hydrogen) atoms. The molecular formula is C16H18N4O. The number of carbonyl (C=O) groups is 1. The Bertz CT molecular complexity index is 715. The summed E-state index contributed by atoms with van der Waals surface area (Å²) < 4.78 is 1.70. The lowest BCUT2D eigenvalue weighted by Gasteiger charge is -2.28. The van der Waals surface area contributed by atoms with Gasteiger partial charge in [0.25, 0.3) is 0 Å². The second-order valence-corrected chi connectivity index (χ2v) is 5.82. The number of piperidine rings is 1. The van der Waals surface area contributed by atoms with Crippen molar-refractivity contribution >= 4 is 16.9 Å². The lowest BCUT2D eigenvalue weighted by atomic mass is 10.0. The number of hydrogen-bond acceptors (Lipinski definition) is 3. The molecule has 0 atom stereocenters. The summed E-state index contributed by atoms with van der Waals surface area (Å²) in [6.45, 7) is 1.99. The highest BCUT2D eigenvalue weighted by Gasteiger charge is 2.24. The van der Waals surface area contributed by atoms with E-state index < -0.39 is 0 Å². The van der Waals surface area contributed by atoms with E-state index in [1.165, 1.54) is 12.8 Å². The summed E-state index contributed by atoms with van der Waals surface area (Å²) in [7, 11) is 0. The normalized spacial score (nSPS) is 18.4. The quantitative estimate of drug-likeness (QED) is 0.793. The number of benzene rings is 1. The molecule has 0 N–H and O–H groups in total. The minimum atomic E-state index is 0.144. The molecule has 2 fully saturated rings. The summed E-state index contributed by atoms with van der Waals surface area (Å²) in [4.78, 5) is 14.4. The third-order valence-corrected chi connectivity index (χ3v) is 4.42. The van der Waals surface area contributed by atoms with Crippen LogP contribution in [0.15, 0.2) is 35.4 Å². The van der Waals surface area contributed by atoms with Crippen LogP contribution in [-0.4, -0.2) is 38.9 Å². The number of amides is 1. The van der Waals surface area contributed by atoms with Gasteiger partial charge < -0.3 is 4.90 Å². The average Bonchev–Trinajstić information content (AvgIpc) is 3.30. The van der Waals surface area contributed by atoms with E-state index in [0.717, 1.165) is 37.0 Å². The first-order chi connectivity index (χ1) is 10.3. The standard InChI is InChI=1S/C16H18N4O/c21-16(19-9-7-13(8-10-19)12-5-6-12)11-20-15-4-2-1-3-14(15)17-18-20/h1-4H,5-11H2. The molecule has 1 amide bonds. The molecule has 1 saturated carbocycles. The van der Waals surface area contributed by atoms with Crippen molar-refractivity contribution < 1.29 is 4.79 Å². The molecule has 0 bridgehead atoms. The Balaban J connectivity index is 1.45. The number of aromatic nitrogens is 3. The van der Waals surface area contributed by atoms with Gasteiger partial charge in [0, 0.05) is 13.1 Å². The number of rotatable bonds is 2. The fourth-order valence-electron chi connectivity index (χ4n) is 3.06. The number of likely N-dealkylation sites (tertiary alicyclic amines) is 1. The fraction of sp³-hybridized carbons (Fsp3) is 0.438. The zero-order chi connectivity index (χ0) is 14.2. The maximum atomic E-state index is 12.4. The van der Waals surface area contributed by atoms with Crippen molar-refractivity contribution in [2.24, 2.45) is 0 Å². The van der Waals surface area contributed by atoms with Crippen LogP contribution in [0.1, 0.15) is 25.7 Å². The van der Waals surface area contributed by atoms with E-state index in [1.807, 2.05) is 29.2 Å². The molecule has 0 spiro atoms. The molecule has 1 aromatic heterocycles. The second-order valence-electron chi connectivity index (χ2n) is 5.82. The van der Waals surface area contributed by atoms with Crippen molar-refractivity contribution in [2.45, 2.75) is 32.2 Å². The molecular weight excluding hydrogens is 264 g/mol. The van der Waals surface area contributed by atoms with Gasteiger partial charge in [0.2, 0.25) is 5.91 Å². The van der Waals surface area contributed by atoms with Crippen molar-refractivity contribution in [3.05, 3.63) is 35.4 Å². The van der Waals surface area contributed by atoms with E-state index in [9.17, 15) is 4.79 Å². The van der Waals surface area contributed by atoms with E-state index in [-0.39, 0.29) is 12.5 Å². The maximum Gasteiger partial charge on any atom is 0.244 e. The summed E-state index contributed by atoms with van der Waals surface area (Å²) in [5.74, 6) is 0.144. The molecule has 5 nitrogen and oxygen atoms in total. The van der Waals surface area contributed by atoms with Gasteiger partial charge in [-0.05, 0) is 37.8 Å². The van der Waals surface area contributed by atoms with E-state index in [0.29, 0.717) is 0 Å². The largest absolute Gasteiger partial charge is 0.340 e. The minimum absolute atomic E-state index is 0.144. The summed E-state index contributed by atoms with van der Waals surface area (Å²) >= 11 is 0.